The molecule has 1 aromatic heterocycles. The summed E-state index contributed by atoms with van der Waals surface area (Å²) in [5.74, 6) is 0.00790. The van der Waals surface area contributed by atoms with Gasteiger partial charge in [-0.25, -0.2) is 0 Å². The Hall–Kier alpha value is -1.89. The van der Waals surface area contributed by atoms with Crippen LogP contribution in [0.2, 0.25) is 0 Å². The van der Waals surface area contributed by atoms with Gasteiger partial charge in [0.1, 0.15) is 5.00 Å². The van der Waals surface area contributed by atoms with E-state index in [1.54, 1.807) is 18.3 Å². The van der Waals surface area contributed by atoms with Crippen molar-refractivity contribution in [3.05, 3.63) is 45.8 Å². The van der Waals surface area contributed by atoms with Crippen LogP contribution in [-0.2, 0) is 22.4 Å². The van der Waals surface area contributed by atoms with E-state index in [9.17, 15) is 4.79 Å². The average Bonchev–Trinajstić information content (AvgIpc) is 3.07. The molecule has 1 atom stereocenters. The Balaban J connectivity index is 1.82. The number of hydrogen-bond acceptors (Lipinski definition) is 5. The lowest BCUT2D eigenvalue weighted by Crippen LogP contribution is -2.40. The van der Waals surface area contributed by atoms with E-state index in [2.05, 4.69) is 53.5 Å². The highest BCUT2D eigenvalue weighted by Gasteiger charge is 2.32. The second kappa shape index (κ2) is 8.86. The molecule has 156 valence electrons. The molecular weight excluding hydrogens is 382 g/mol. The molecule has 1 aliphatic carbocycles. The minimum Gasteiger partial charge on any atom is -0.379 e. The van der Waals surface area contributed by atoms with Crippen LogP contribution in [0.15, 0.2) is 24.3 Å². The smallest absolute Gasteiger partial charge is 0.221 e. The zero-order valence-corrected chi connectivity index (χ0v) is 18.5. The highest BCUT2D eigenvalue weighted by molar-refractivity contribution is 7.16. The third-order valence-electron chi connectivity index (χ3n) is 5.91. The number of carbonyl (C=O) groups excluding carboxylic acids is 1. The van der Waals surface area contributed by atoms with Crippen LogP contribution < -0.4 is 10.2 Å². The number of morpholine rings is 1. The summed E-state index contributed by atoms with van der Waals surface area (Å²) in [6, 6.07) is 9.04. The highest BCUT2D eigenvalue weighted by atomic mass is 32.1. The van der Waals surface area contributed by atoms with Crippen molar-refractivity contribution in [3.8, 4) is 0 Å². The standard InChI is InChI=1S/C23H31N3O2S/c1-16(27)24-23-21(19-6-4-5-7-20(19)29-23)22(26-12-14-28-15-13-26)17-8-10-18(11-9-17)25(2)3/h8-11,22H,4-7,12-15H2,1-3H3,(H,24,27). The first-order chi connectivity index (χ1) is 14.0. The van der Waals surface area contributed by atoms with E-state index in [0.717, 1.165) is 44.1 Å². The predicted molar refractivity (Wildman–Crippen MR) is 120 cm³/mol. The number of nitrogens with one attached hydrogen (secondary N) is 1. The Morgan fingerprint density at radius 1 is 1.14 bits per heavy atom. The summed E-state index contributed by atoms with van der Waals surface area (Å²) in [4.78, 5) is 18.1. The topological polar surface area (TPSA) is 44.8 Å². The van der Waals surface area contributed by atoms with Crippen molar-refractivity contribution >= 4 is 27.9 Å². The normalized spacial score (nSPS) is 18.2. The molecule has 0 spiro atoms. The Morgan fingerprint density at radius 2 is 1.83 bits per heavy atom. The molecule has 0 bridgehead atoms. The van der Waals surface area contributed by atoms with Crippen LogP contribution >= 0.6 is 11.3 Å². The molecule has 1 N–H and O–H groups in total. The third kappa shape index (κ3) is 4.34. The number of carbonyl (C=O) groups is 1. The Kier molecular flexibility index (Phi) is 6.23. The second-order valence-corrected chi connectivity index (χ2v) is 9.28. The molecule has 1 unspecified atom stereocenters. The summed E-state index contributed by atoms with van der Waals surface area (Å²) >= 11 is 1.79. The van der Waals surface area contributed by atoms with Gasteiger partial charge < -0.3 is 15.0 Å². The quantitative estimate of drug-likeness (QED) is 0.802. The molecule has 2 aliphatic rings. The van der Waals surface area contributed by atoms with Crippen LogP contribution in [0.5, 0.6) is 0 Å². The number of ether oxygens (including phenoxy) is 1. The summed E-state index contributed by atoms with van der Waals surface area (Å²) in [6.07, 6.45) is 4.71. The van der Waals surface area contributed by atoms with E-state index in [4.69, 9.17) is 4.74 Å². The lowest BCUT2D eigenvalue weighted by molar-refractivity contribution is -0.114. The van der Waals surface area contributed by atoms with Crippen molar-refractivity contribution in [3.63, 3.8) is 0 Å². The molecule has 1 saturated heterocycles. The molecule has 29 heavy (non-hydrogen) atoms. The number of anilines is 2. The number of nitrogens with zero attached hydrogens (tertiary/aromatic N) is 2. The van der Waals surface area contributed by atoms with E-state index < -0.39 is 0 Å². The Bertz CT molecular complexity index is 854. The van der Waals surface area contributed by atoms with Crippen molar-refractivity contribution in [2.75, 3.05) is 50.6 Å². The fourth-order valence-electron chi connectivity index (χ4n) is 4.48. The number of benzene rings is 1. The SMILES string of the molecule is CC(=O)Nc1sc2c(c1C(c1ccc(N(C)C)cc1)N1CCOCC1)CCCC2. The van der Waals surface area contributed by atoms with Gasteiger partial charge in [0.05, 0.1) is 19.3 Å². The van der Waals surface area contributed by atoms with Crippen molar-refractivity contribution in [2.24, 2.45) is 0 Å². The third-order valence-corrected chi connectivity index (χ3v) is 7.13. The summed E-state index contributed by atoms with van der Waals surface area (Å²) in [6.45, 7) is 4.94. The van der Waals surface area contributed by atoms with E-state index in [-0.39, 0.29) is 11.9 Å². The van der Waals surface area contributed by atoms with E-state index in [1.807, 2.05) is 0 Å². The zero-order valence-electron chi connectivity index (χ0n) is 17.7. The minimum atomic E-state index is 0.00790. The van der Waals surface area contributed by atoms with Gasteiger partial charge in [-0.2, -0.15) is 0 Å². The van der Waals surface area contributed by atoms with Crippen LogP contribution in [0, 0.1) is 0 Å². The lowest BCUT2D eigenvalue weighted by Gasteiger charge is -2.36. The maximum absolute atomic E-state index is 12.0. The number of amides is 1. The van der Waals surface area contributed by atoms with Crippen LogP contribution in [0.25, 0.3) is 0 Å². The fraction of sp³-hybridized carbons (Fsp3) is 0.522. The van der Waals surface area contributed by atoms with Gasteiger partial charge in [-0.3, -0.25) is 9.69 Å². The van der Waals surface area contributed by atoms with E-state index in [0.29, 0.717) is 0 Å². The Morgan fingerprint density at radius 3 is 2.48 bits per heavy atom. The van der Waals surface area contributed by atoms with Gasteiger partial charge in [0, 0.05) is 50.2 Å². The second-order valence-electron chi connectivity index (χ2n) is 8.17. The first kappa shape index (κ1) is 20.4. The molecule has 1 aliphatic heterocycles. The van der Waals surface area contributed by atoms with Gasteiger partial charge in [-0.1, -0.05) is 12.1 Å². The number of fused-ring (bicyclic) bond motifs is 1. The molecule has 2 heterocycles. The van der Waals surface area contributed by atoms with E-state index in [1.165, 1.54) is 40.1 Å². The van der Waals surface area contributed by atoms with Crippen LogP contribution in [0.1, 0.15) is 47.4 Å². The van der Waals surface area contributed by atoms with Crippen LogP contribution in [-0.4, -0.2) is 51.2 Å². The summed E-state index contributed by atoms with van der Waals surface area (Å²) in [7, 11) is 4.14. The van der Waals surface area contributed by atoms with Gasteiger partial charge in [0.2, 0.25) is 5.91 Å². The summed E-state index contributed by atoms with van der Waals surface area (Å²) in [5.41, 5.74) is 5.27. The van der Waals surface area contributed by atoms with Gasteiger partial charge >= 0.3 is 0 Å². The van der Waals surface area contributed by atoms with Gasteiger partial charge in [0.15, 0.2) is 0 Å². The van der Waals surface area contributed by atoms with Gasteiger partial charge in [-0.05, 0) is 48.9 Å². The van der Waals surface area contributed by atoms with Crippen molar-refractivity contribution in [2.45, 2.75) is 38.6 Å². The molecule has 4 rings (SSSR count). The molecule has 2 aromatic rings. The predicted octanol–water partition coefficient (Wildman–Crippen LogP) is 4.07. The van der Waals surface area contributed by atoms with Crippen LogP contribution in [0.4, 0.5) is 10.7 Å². The van der Waals surface area contributed by atoms with Crippen molar-refractivity contribution < 1.29 is 9.53 Å². The Labute approximate surface area is 177 Å². The number of hydrogen-bond donors (Lipinski definition) is 1. The zero-order chi connectivity index (χ0) is 20.4. The monoisotopic (exact) mass is 413 g/mol. The molecule has 1 fully saturated rings. The molecule has 6 heteroatoms. The summed E-state index contributed by atoms with van der Waals surface area (Å²) in [5, 5.41) is 4.20. The van der Waals surface area contributed by atoms with Crippen molar-refractivity contribution in [1.82, 2.24) is 4.90 Å². The average molecular weight is 414 g/mol. The van der Waals surface area contributed by atoms with Gasteiger partial charge in [0.25, 0.3) is 0 Å². The molecule has 5 nitrogen and oxygen atoms in total. The number of aryl methyl sites for hydroxylation is 1. The summed E-state index contributed by atoms with van der Waals surface area (Å²) < 4.78 is 5.65. The number of rotatable bonds is 5. The lowest BCUT2D eigenvalue weighted by atomic mass is 9.88. The largest absolute Gasteiger partial charge is 0.379 e. The maximum atomic E-state index is 12.0. The minimum absolute atomic E-state index is 0.00790. The van der Waals surface area contributed by atoms with E-state index >= 15 is 0 Å². The highest BCUT2D eigenvalue weighted by Crippen LogP contribution is 2.45. The molecule has 0 saturated carbocycles. The molecule has 0 radical (unpaired) electrons. The fourth-order valence-corrected chi connectivity index (χ4v) is 5.85. The first-order valence-corrected chi connectivity index (χ1v) is 11.4. The van der Waals surface area contributed by atoms with Crippen molar-refractivity contribution in [1.29, 1.82) is 0 Å². The molecular formula is C23H31N3O2S. The molecule has 1 amide bonds. The number of thiophene rings is 1. The first-order valence-electron chi connectivity index (χ1n) is 10.6. The van der Waals surface area contributed by atoms with Gasteiger partial charge in [-0.15, -0.1) is 11.3 Å². The van der Waals surface area contributed by atoms with Crippen LogP contribution in [0.3, 0.4) is 0 Å². The molecule has 1 aromatic carbocycles. The maximum Gasteiger partial charge on any atom is 0.221 e.